The molecule has 5 aromatic rings. The first-order valence-electron chi connectivity index (χ1n) is 12.1. The van der Waals surface area contributed by atoms with Crippen LogP contribution in [0, 0.1) is 0 Å². The molecule has 0 amide bonds. The standard InChI is InChI=1S/C29H24BrN3O6/c1-4-37-29(35)17(2)38-24-11-9-18(13-25(24)36-3)16-31-33-27(32-22-8-6-5-7-21(22)28(33)34)26-15-19-14-20(30)10-12-23(19)39-26/h5-17H,4H2,1-3H3/t17-/m0/s1. The van der Waals surface area contributed by atoms with Gasteiger partial charge in [-0.15, -0.1) is 0 Å². The highest BCUT2D eigenvalue weighted by molar-refractivity contribution is 9.10. The predicted octanol–water partition coefficient (Wildman–Crippen LogP) is 5.79. The van der Waals surface area contributed by atoms with Gasteiger partial charge in [-0.3, -0.25) is 4.79 Å². The fourth-order valence-corrected chi connectivity index (χ4v) is 4.38. The number of hydrogen-bond acceptors (Lipinski definition) is 8. The molecule has 0 spiro atoms. The minimum absolute atomic E-state index is 0.260. The normalized spacial score (nSPS) is 12.2. The Morgan fingerprint density at radius 1 is 1.13 bits per heavy atom. The lowest BCUT2D eigenvalue weighted by Gasteiger charge is -2.16. The van der Waals surface area contributed by atoms with Crippen LogP contribution >= 0.6 is 15.9 Å². The number of halogens is 1. The topological polar surface area (TPSA) is 105 Å². The summed E-state index contributed by atoms with van der Waals surface area (Å²) >= 11 is 3.47. The van der Waals surface area contributed by atoms with Crippen LogP contribution in [0.2, 0.25) is 0 Å². The van der Waals surface area contributed by atoms with Crippen molar-refractivity contribution in [3.8, 4) is 23.1 Å². The molecule has 0 saturated carbocycles. The summed E-state index contributed by atoms with van der Waals surface area (Å²) < 4.78 is 24.3. The third-order valence-corrected chi connectivity index (χ3v) is 6.38. The van der Waals surface area contributed by atoms with Crippen LogP contribution in [0.4, 0.5) is 0 Å². The highest BCUT2D eigenvalue weighted by Crippen LogP contribution is 2.30. The number of furan rings is 1. The van der Waals surface area contributed by atoms with Crippen molar-refractivity contribution in [2.75, 3.05) is 13.7 Å². The molecule has 0 radical (unpaired) electrons. The number of aromatic nitrogens is 2. The van der Waals surface area contributed by atoms with Crippen LogP contribution < -0.4 is 15.0 Å². The molecule has 0 aliphatic rings. The molecule has 2 heterocycles. The van der Waals surface area contributed by atoms with Gasteiger partial charge in [0.25, 0.3) is 5.56 Å². The van der Waals surface area contributed by atoms with Gasteiger partial charge in [-0.25, -0.2) is 9.78 Å². The number of fused-ring (bicyclic) bond motifs is 2. The van der Waals surface area contributed by atoms with Crippen LogP contribution in [0.15, 0.2) is 85.5 Å². The van der Waals surface area contributed by atoms with Gasteiger partial charge in [0.2, 0.25) is 5.82 Å². The lowest BCUT2D eigenvalue weighted by Crippen LogP contribution is -2.26. The van der Waals surface area contributed by atoms with E-state index in [0.717, 1.165) is 9.86 Å². The van der Waals surface area contributed by atoms with Crippen LogP contribution in [0.5, 0.6) is 11.5 Å². The van der Waals surface area contributed by atoms with E-state index in [1.807, 2.05) is 30.3 Å². The maximum absolute atomic E-state index is 13.5. The molecular formula is C29H24BrN3O6. The average molecular weight is 590 g/mol. The Labute approximate surface area is 231 Å². The van der Waals surface area contributed by atoms with Crippen molar-refractivity contribution in [3.63, 3.8) is 0 Å². The molecule has 2 aromatic heterocycles. The van der Waals surface area contributed by atoms with Crippen LogP contribution in [-0.2, 0) is 9.53 Å². The Hall–Kier alpha value is -4.44. The number of rotatable bonds is 8. The molecule has 9 nitrogen and oxygen atoms in total. The summed E-state index contributed by atoms with van der Waals surface area (Å²) in [5.74, 6) is 0.949. The van der Waals surface area contributed by atoms with E-state index in [0.29, 0.717) is 39.3 Å². The smallest absolute Gasteiger partial charge is 0.347 e. The van der Waals surface area contributed by atoms with Gasteiger partial charge in [0, 0.05) is 9.86 Å². The number of nitrogens with zero attached hydrogens (tertiary/aromatic N) is 3. The molecular weight excluding hydrogens is 566 g/mol. The summed E-state index contributed by atoms with van der Waals surface area (Å²) in [7, 11) is 1.49. The molecule has 0 saturated heterocycles. The van der Waals surface area contributed by atoms with E-state index in [-0.39, 0.29) is 18.0 Å². The molecule has 0 aliphatic heterocycles. The van der Waals surface area contributed by atoms with Crippen molar-refractivity contribution in [1.82, 2.24) is 9.66 Å². The van der Waals surface area contributed by atoms with Crippen molar-refractivity contribution < 1.29 is 23.4 Å². The van der Waals surface area contributed by atoms with Gasteiger partial charge >= 0.3 is 5.97 Å². The van der Waals surface area contributed by atoms with E-state index in [4.69, 9.17) is 23.6 Å². The SMILES string of the molecule is CCOC(=O)[C@H](C)Oc1ccc(C=Nn2c(-c3cc4cc(Br)ccc4o3)nc3ccccc3c2=O)cc1OC. The summed E-state index contributed by atoms with van der Waals surface area (Å²) in [5, 5.41) is 5.76. The minimum Gasteiger partial charge on any atom is -0.493 e. The Morgan fingerprint density at radius 2 is 1.95 bits per heavy atom. The molecule has 0 unspecified atom stereocenters. The molecule has 0 N–H and O–H groups in total. The van der Waals surface area contributed by atoms with Crippen LogP contribution in [0.1, 0.15) is 19.4 Å². The summed E-state index contributed by atoms with van der Waals surface area (Å²) in [6, 6.07) is 19.6. The maximum atomic E-state index is 13.5. The first kappa shape index (κ1) is 26.2. The first-order valence-corrected chi connectivity index (χ1v) is 12.9. The number of esters is 1. The van der Waals surface area contributed by atoms with E-state index < -0.39 is 12.1 Å². The highest BCUT2D eigenvalue weighted by atomic mass is 79.9. The zero-order valence-electron chi connectivity index (χ0n) is 21.4. The molecule has 39 heavy (non-hydrogen) atoms. The minimum atomic E-state index is -0.812. The van der Waals surface area contributed by atoms with E-state index in [9.17, 15) is 9.59 Å². The third kappa shape index (κ3) is 5.42. The van der Waals surface area contributed by atoms with Gasteiger partial charge in [0.05, 0.1) is 30.8 Å². The number of para-hydroxylation sites is 1. The summed E-state index contributed by atoms with van der Waals surface area (Å²) in [5.41, 5.74) is 1.47. The average Bonchev–Trinajstić information content (AvgIpc) is 3.36. The Kier molecular flexibility index (Phi) is 7.47. The predicted molar refractivity (Wildman–Crippen MR) is 152 cm³/mol. The van der Waals surface area contributed by atoms with E-state index in [2.05, 4.69) is 21.0 Å². The Bertz CT molecular complexity index is 1770. The van der Waals surface area contributed by atoms with Gasteiger partial charge in [-0.05, 0) is 74.0 Å². The van der Waals surface area contributed by atoms with Crippen LogP contribution in [-0.4, -0.2) is 41.7 Å². The largest absolute Gasteiger partial charge is 0.493 e. The monoisotopic (exact) mass is 589 g/mol. The lowest BCUT2D eigenvalue weighted by atomic mass is 10.2. The number of methoxy groups -OCH3 is 1. The van der Waals surface area contributed by atoms with Gasteiger partial charge in [0.1, 0.15) is 5.58 Å². The second-order valence-electron chi connectivity index (χ2n) is 8.53. The number of ether oxygens (including phenoxy) is 3. The second-order valence-corrected chi connectivity index (χ2v) is 9.44. The van der Waals surface area contributed by atoms with Crippen LogP contribution in [0.25, 0.3) is 33.5 Å². The number of carbonyl (C=O) groups excluding carboxylic acids is 1. The quantitative estimate of drug-likeness (QED) is 0.166. The fourth-order valence-electron chi connectivity index (χ4n) is 4.00. The van der Waals surface area contributed by atoms with Crippen LogP contribution in [0.3, 0.4) is 0 Å². The lowest BCUT2D eigenvalue weighted by molar-refractivity contribution is -0.150. The second kappa shape index (κ2) is 11.1. The molecule has 5 rings (SSSR count). The molecule has 0 aliphatic carbocycles. The Balaban J connectivity index is 1.55. The van der Waals surface area contributed by atoms with Gasteiger partial charge < -0.3 is 18.6 Å². The van der Waals surface area contributed by atoms with Gasteiger partial charge in [-0.1, -0.05) is 28.1 Å². The van der Waals surface area contributed by atoms with Gasteiger partial charge in [0.15, 0.2) is 23.4 Å². The third-order valence-electron chi connectivity index (χ3n) is 5.88. The van der Waals surface area contributed by atoms with E-state index in [1.54, 1.807) is 50.2 Å². The molecule has 0 fully saturated rings. The summed E-state index contributed by atoms with van der Waals surface area (Å²) in [6.07, 6.45) is 0.703. The first-order chi connectivity index (χ1) is 18.9. The summed E-state index contributed by atoms with van der Waals surface area (Å²) in [6.45, 7) is 3.59. The molecule has 0 bridgehead atoms. The van der Waals surface area contributed by atoms with Crippen molar-refractivity contribution in [2.45, 2.75) is 20.0 Å². The number of hydrogen-bond donors (Lipinski definition) is 0. The molecule has 1 atom stereocenters. The fraction of sp³-hybridized carbons (Fsp3) is 0.172. The number of benzene rings is 3. The summed E-state index contributed by atoms with van der Waals surface area (Å²) in [4.78, 5) is 30.2. The van der Waals surface area contributed by atoms with Crippen molar-refractivity contribution in [3.05, 3.63) is 87.1 Å². The number of carbonyl (C=O) groups is 1. The van der Waals surface area contributed by atoms with Crippen molar-refractivity contribution in [1.29, 1.82) is 0 Å². The molecule has 3 aromatic carbocycles. The highest BCUT2D eigenvalue weighted by Gasteiger charge is 2.19. The Morgan fingerprint density at radius 3 is 2.74 bits per heavy atom. The molecule has 198 valence electrons. The van der Waals surface area contributed by atoms with Crippen molar-refractivity contribution in [2.24, 2.45) is 5.10 Å². The van der Waals surface area contributed by atoms with Gasteiger partial charge in [-0.2, -0.15) is 9.78 Å². The zero-order chi connectivity index (χ0) is 27.5. The maximum Gasteiger partial charge on any atom is 0.347 e. The zero-order valence-corrected chi connectivity index (χ0v) is 23.0. The van der Waals surface area contributed by atoms with E-state index in [1.165, 1.54) is 18.0 Å². The van der Waals surface area contributed by atoms with E-state index >= 15 is 0 Å². The molecule has 10 heteroatoms. The van der Waals surface area contributed by atoms with Crippen molar-refractivity contribution >= 4 is 50.0 Å².